The summed E-state index contributed by atoms with van der Waals surface area (Å²) in [6.07, 6.45) is 1.94. The largest absolute Gasteiger partial charge is 0.459 e. The number of hydrogen-bond acceptors (Lipinski definition) is 5. The van der Waals surface area contributed by atoms with E-state index in [1.54, 1.807) is 11.3 Å². The van der Waals surface area contributed by atoms with Crippen molar-refractivity contribution in [1.29, 1.82) is 0 Å². The van der Waals surface area contributed by atoms with Crippen molar-refractivity contribution in [3.63, 3.8) is 0 Å². The average Bonchev–Trinajstić information content (AvgIpc) is 2.86. The third kappa shape index (κ3) is 3.53. The van der Waals surface area contributed by atoms with E-state index in [9.17, 15) is 4.79 Å². The van der Waals surface area contributed by atoms with Gasteiger partial charge in [0.25, 0.3) is 0 Å². The number of hydrogen-bond donors (Lipinski definition) is 0. The molecule has 1 aliphatic rings. The molecule has 100 valence electrons. The van der Waals surface area contributed by atoms with Crippen LogP contribution in [0, 0.1) is 0 Å². The van der Waals surface area contributed by atoms with E-state index in [0.29, 0.717) is 0 Å². The summed E-state index contributed by atoms with van der Waals surface area (Å²) in [5, 5.41) is 2.03. The van der Waals surface area contributed by atoms with Crippen molar-refractivity contribution in [3.05, 3.63) is 16.6 Å². The van der Waals surface area contributed by atoms with Crippen molar-refractivity contribution in [2.24, 2.45) is 0 Å². The molecule has 1 aromatic heterocycles. The first-order valence-corrected chi connectivity index (χ1v) is 7.24. The minimum atomic E-state index is -0.411. The number of ether oxygens (including phenoxy) is 1. The fraction of sp³-hybridized carbons (Fsp3) is 0.692. The van der Waals surface area contributed by atoms with Crippen LogP contribution < -0.4 is 0 Å². The zero-order chi connectivity index (χ0) is 13.2. The summed E-state index contributed by atoms with van der Waals surface area (Å²) in [4.78, 5) is 18.6. The topological polar surface area (TPSA) is 42.4 Å². The normalized spacial score (nSPS) is 21.2. The Labute approximate surface area is 112 Å². The molecule has 18 heavy (non-hydrogen) atoms. The number of carbonyl (C=O) groups excluding carboxylic acids is 1. The lowest BCUT2D eigenvalue weighted by atomic mass is 10.1. The highest BCUT2D eigenvalue weighted by molar-refractivity contribution is 7.07. The van der Waals surface area contributed by atoms with Gasteiger partial charge in [0.2, 0.25) is 0 Å². The maximum atomic E-state index is 12.1. The number of carbonyl (C=O) groups is 1. The van der Waals surface area contributed by atoms with Gasteiger partial charge in [0.15, 0.2) is 0 Å². The molecule has 1 aliphatic heterocycles. The highest BCUT2D eigenvalue weighted by atomic mass is 32.1. The molecular weight excluding hydrogens is 248 g/mol. The molecule has 0 radical (unpaired) electrons. The van der Waals surface area contributed by atoms with Gasteiger partial charge in [-0.15, -0.1) is 11.3 Å². The molecule has 1 atom stereocenters. The number of thiazole rings is 1. The van der Waals surface area contributed by atoms with Crippen molar-refractivity contribution in [2.75, 3.05) is 6.54 Å². The molecule has 0 unspecified atom stereocenters. The van der Waals surface area contributed by atoms with Crippen molar-refractivity contribution in [1.82, 2.24) is 9.88 Å². The Morgan fingerprint density at radius 1 is 1.61 bits per heavy atom. The maximum Gasteiger partial charge on any atom is 0.323 e. The van der Waals surface area contributed by atoms with E-state index >= 15 is 0 Å². The van der Waals surface area contributed by atoms with Crippen LogP contribution in [-0.2, 0) is 16.1 Å². The lowest BCUT2D eigenvalue weighted by molar-refractivity contribution is -0.160. The number of likely N-dealkylation sites (tertiary alicyclic amines) is 1. The summed E-state index contributed by atoms with van der Waals surface area (Å²) in [7, 11) is 0. The van der Waals surface area contributed by atoms with Crippen LogP contribution in [0.3, 0.4) is 0 Å². The van der Waals surface area contributed by atoms with Gasteiger partial charge in [-0.25, -0.2) is 4.98 Å². The fourth-order valence-electron chi connectivity index (χ4n) is 2.18. The van der Waals surface area contributed by atoms with Gasteiger partial charge in [0.1, 0.15) is 11.6 Å². The molecule has 0 bridgehead atoms. The molecule has 1 aromatic rings. The van der Waals surface area contributed by atoms with Gasteiger partial charge in [0, 0.05) is 11.9 Å². The van der Waals surface area contributed by atoms with E-state index in [2.05, 4.69) is 9.88 Å². The Morgan fingerprint density at radius 2 is 2.39 bits per heavy atom. The van der Waals surface area contributed by atoms with Crippen molar-refractivity contribution >= 4 is 17.3 Å². The Bertz CT molecular complexity index is 398. The summed E-state index contributed by atoms with van der Waals surface area (Å²) in [6, 6.07) is -0.106. The quantitative estimate of drug-likeness (QED) is 0.790. The van der Waals surface area contributed by atoms with E-state index in [1.807, 2.05) is 31.7 Å². The van der Waals surface area contributed by atoms with Gasteiger partial charge in [-0.2, -0.15) is 0 Å². The molecule has 0 aromatic carbocycles. The van der Waals surface area contributed by atoms with Crippen LogP contribution in [0.15, 0.2) is 10.9 Å². The van der Waals surface area contributed by atoms with E-state index < -0.39 is 5.60 Å². The van der Waals surface area contributed by atoms with Gasteiger partial charge in [-0.3, -0.25) is 9.69 Å². The van der Waals surface area contributed by atoms with Gasteiger partial charge in [-0.1, -0.05) is 0 Å². The van der Waals surface area contributed by atoms with E-state index in [4.69, 9.17) is 4.74 Å². The molecule has 0 N–H and O–H groups in total. The van der Waals surface area contributed by atoms with E-state index in [0.717, 1.165) is 31.6 Å². The first-order chi connectivity index (χ1) is 8.46. The summed E-state index contributed by atoms with van der Waals surface area (Å²) >= 11 is 1.59. The maximum absolute atomic E-state index is 12.1. The molecule has 0 aliphatic carbocycles. The molecule has 4 nitrogen and oxygen atoms in total. The third-order valence-electron chi connectivity index (χ3n) is 2.89. The van der Waals surface area contributed by atoms with Crippen LogP contribution in [0.5, 0.6) is 0 Å². The predicted molar refractivity (Wildman–Crippen MR) is 71.4 cm³/mol. The van der Waals surface area contributed by atoms with Crippen LogP contribution in [0.1, 0.15) is 39.3 Å². The van der Waals surface area contributed by atoms with Crippen LogP contribution in [0.2, 0.25) is 0 Å². The van der Waals surface area contributed by atoms with Crippen LogP contribution in [0.25, 0.3) is 0 Å². The Hall–Kier alpha value is -0.940. The second-order valence-corrected chi connectivity index (χ2v) is 6.36. The van der Waals surface area contributed by atoms with E-state index in [1.165, 1.54) is 0 Å². The van der Waals surface area contributed by atoms with Gasteiger partial charge in [0.05, 0.1) is 11.2 Å². The summed E-state index contributed by atoms with van der Waals surface area (Å²) in [5.41, 5.74) is 2.45. The fourth-order valence-corrected chi connectivity index (χ4v) is 2.73. The zero-order valence-corrected chi connectivity index (χ0v) is 12.0. The zero-order valence-electron chi connectivity index (χ0n) is 11.2. The van der Waals surface area contributed by atoms with Crippen LogP contribution in [0.4, 0.5) is 0 Å². The van der Waals surface area contributed by atoms with Crippen molar-refractivity contribution in [3.8, 4) is 0 Å². The molecule has 2 heterocycles. The Balaban J connectivity index is 1.97. The Kier molecular flexibility index (Phi) is 4.02. The van der Waals surface area contributed by atoms with Crippen molar-refractivity contribution < 1.29 is 9.53 Å². The first-order valence-electron chi connectivity index (χ1n) is 6.30. The summed E-state index contributed by atoms with van der Waals surface area (Å²) < 4.78 is 5.47. The molecule has 0 amide bonds. The minimum Gasteiger partial charge on any atom is -0.459 e. The third-order valence-corrected chi connectivity index (χ3v) is 3.53. The summed E-state index contributed by atoms with van der Waals surface area (Å²) in [5.74, 6) is -0.102. The molecule has 5 heteroatoms. The van der Waals surface area contributed by atoms with Crippen LogP contribution in [-0.4, -0.2) is 34.0 Å². The molecular formula is C13H20N2O2S. The number of aromatic nitrogens is 1. The molecule has 1 fully saturated rings. The molecule has 0 saturated carbocycles. The van der Waals surface area contributed by atoms with Gasteiger partial charge < -0.3 is 4.74 Å². The lowest BCUT2D eigenvalue weighted by Crippen LogP contribution is -2.40. The highest BCUT2D eigenvalue weighted by Gasteiger charge is 2.34. The summed E-state index contributed by atoms with van der Waals surface area (Å²) in [6.45, 7) is 7.41. The standard InChI is InChI=1S/C13H20N2O2S/c1-13(2,3)17-12(16)11-5-4-6-15(11)7-10-8-18-9-14-10/h8-9,11H,4-7H2,1-3H3/t11-/m0/s1. The molecule has 0 spiro atoms. The Morgan fingerprint density at radius 3 is 3.00 bits per heavy atom. The van der Waals surface area contributed by atoms with Gasteiger partial charge >= 0.3 is 5.97 Å². The average molecular weight is 268 g/mol. The molecule has 1 saturated heterocycles. The number of nitrogens with zero attached hydrogens (tertiary/aromatic N) is 2. The minimum absolute atomic E-state index is 0.102. The predicted octanol–water partition coefficient (Wildman–Crippen LogP) is 2.45. The first kappa shape index (κ1) is 13.5. The van der Waals surface area contributed by atoms with Gasteiger partial charge in [-0.05, 0) is 40.2 Å². The second kappa shape index (κ2) is 5.36. The highest BCUT2D eigenvalue weighted by Crippen LogP contribution is 2.23. The number of rotatable bonds is 3. The molecule has 2 rings (SSSR count). The van der Waals surface area contributed by atoms with Crippen molar-refractivity contribution in [2.45, 2.75) is 51.8 Å². The van der Waals surface area contributed by atoms with E-state index in [-0.39, 0.29) is 12.0 Å². The monoisotopic (exact) mass is 268 g/mol. The number of esters is 1. The lowest BCUT2D eigenvalue weighted by Gasteiger charge is -2.26. The second-order valence-electron chi connectivity index (χ2n) is 5.64. The SMILES string of the molecule is CC(C)(C)OC(=O)[C@@H]1CCCN1Cc1cscn1. The van der Waals surface area contributed by atoms with Crippen LogP contribution >= 0.6 is 11.3 Å². The smallest absolute Gasteiger partial charge is 0.323 e.